The van der Waals surface area contributed by atoms with Crippen LogP contribution in [0, 0.1) is 0 Å². The van der Waals surface area contributed by atoms with Crippen LogP contribution in [0.15, 0.2) is 78.9 Å². The molecule has 4 aromatic rings. The van der Waals surface area contributed by atoms with E-state index in [1.807, 2.05) is 65.6 Å². The Morgan fingerprint density at radius 2 is 1.52 bits per heavy atom. The quantitative estimate of drug-likeness (QED) is 0.483. The van der Waals surface area contributed by atoms with Crippen molar-refractivity contribution in [2.45, 2.75) is 13.5 Å². The van der Waals surface area contributed by atoms with Gasteiger partial charge in [-0.2, -0.15) is 0 Å². The second-order valence-electron chi connectivity index (χ2n) is 8.37. The highest BCUT2D eigenvalue weighted by atomic mass is 16.2. The zero-order valence-electron chi connectivity index (χ0n) is 18.6. The van der Waals surface area contributed by atoms with Gasteiger partial charge in [-0.1, -0.05) is 54.6 Å². The predicted octanol–water partition coefficient (Wildman–Crippen LogP) is 4.06. The third kappa shape index (κ3) is 4.24. The highest BCUT2D eigenvalue weighted by molar-refractivity contribution is 5.95. The lowest BCUT2D eigenvalue weighted by Gasteiger charge is -2.34. The van der Waals surface area contributed by atoms with Crippen LogP contribution in [0.4, 0.5) is 0 Å². The van der Waals surface area contributed by atoms with Crippen molar-refractivity contribution in [1.29, 1.82) is 0 Å². The molecule has 0 saturated carbocycles. The molecule has 0 bridgehead atoms. The zero-order chi connectivity index (χ0) is 22.8. The van der Waals surface area contributed by atoms with E-state index in [1.54, 1.807) is 11.8 Å². The van der Waals surface area contributed by atoms with Crippen LogP contribution in [0.2, 0.25) is 0 Å². The van der Waals surface area contributed by atoms with Crippen molar-refractivity contribution in [3.63, 3.8) is 0 Å². The van der Waals surface area contributed by atoms with Gasteiger partial charge in [0.15, 0.2) is 0 Å². The van der Waals surface area contributed by atoms with Crippen molar-refractivity contribution in [2.24, 2.45) is 0 Å². The normalized spacial score (nSPS) is 14.0. The first-order valence-electron chi connectivity index (χ1n) is 11.2. The van der Waals surface area contributed by atoms with Gasteiger partial charge in [0, 0.05) is 50.8 Å². The number of benzene rings is 3. The first-order valence-corrected chi connectivity index (χ1v) is 11.2. The highest BCUT2D eigenvalue weighted by Gasteiger charge is 2.24. The van der Waals surface area contributed by atoms with Crippen LogP contribution in [0.25, 0.3) is 22.4 Å². The Morgan fingerprint density at radius 1 is 0.818 bits per heavy atom. The molecule has 1 saturated heterocycles. The highest BCUT2D eigenvalue weighted by Crippen LogP contribution is 2.27. The summed E-state index contributed by atoms with van der Waals surface area (Å²) in [4.78, 5) is 33.3. The van der Waals surface area contributed by atoms with E-state index in [2.05, 4.69) is 22.8 Å². The van der Waals surface area contributed by atoms with Gasteiger partial charge in [0.2, 0.25) is 5.91 Å². The van der Waals surface area contributed by atoms with Crippen LogP contribution in [0.1, 0.15) is 22.8 Å². The average molecular weight is 439 g/mol. The largest absolute Gasteiger partial charge is 0.339 e. The number of piperazine rings is 1. The standard InChI is InChI=1S/C27H26N4O2/c1-20(32)29-14-16-30(17-15-29)27(33)23-11-7-10-22(18-23)26-28-24-12-5-6-13-25(24)31(26)19-21-8-3-2-4-9-21/h2-13,18H,14-17,19H2,1H3. The fourth-order valence-corrected chi connectivity index (χ4v) is 4.42. The molecule has 0 atom stereocenters. The molecule has 2 amide bonds. The summed E-state index contributed by atoms with van der Waals surface area (Å²) in [6, 6.07) is 26.1. The Bertz CT molecular complexity index is 1300. The van der Waals surface area contributed by atoms with Crippen LogP contribution in [-0.4, -0.2) is 57.3 Å². The lowest BCUT2D eigenvalue weighted by Crippen LogP contribution is -2.50. The van der Waals surface area contributed by atoms with Gasteiger partial charge in [0.05, 0.1) is 11.0 Å². The van der Waals surface area contributed by atoms with E-state index >= 15 is 0 Å². The summed E-state index contributed by atoms with van der Waals surface area (Å²) in [7, 11) is 0. The summed E-state index contributed by atoms with van der Waals surface area (Å²) in [5, 5.41) is 0. The van der Waals surface area contributed by atoms with Gasteiger partial charge in [0.1, 0.15) is 5.82 Å². The fourth-order valence-electron chi connectivity index (χ4n) is 4.42. The van der Waals surface area contributed by atoms with Gasteiger partial charge in [-0.3, -0.25) is 9.59 Å². The van der Waals surface area contributed by atoms with Crippen LogP contribution in [-0.2, 0) is 11.3 Å². The first-order chi connectivity index (χ1) is 16.1. The molecule has 3 aromatic carbocycles. The third-order valence-corrected chi connectivity index (χ3v) is 6.22. The molecule has 5 rings (SSSR count). The Labute approximate surface area is 193 Å². The summed E-state index contributed by atoms with van der Waals surface area (Å²) in [6.45, 7) is 4.52. The lowest BCUT2D eigenvalue weighted by molar-refractivity contribution is -0.130. The monoisotopic (exact) mass is 438 g/mol. The molecule has 33 heavy (non-hydrogen) atoms. The Morgan fingerprint density at radius 3 is 2.27 bits per heavy atom. The van der Waals surface area contributed by atoms with Gasteiger partial charge in [-0.25, -0.2) is 4.98 Å². The summed E-state index contributed by atoms with van der Waals surface area (Å²) >= 11 is 0. The Kier molecular flexibility index (Phi) is 5.65. The molecular formula is C27H26N4O2. The number of nitrogens with zero attached hydrogens (tertiary/aromatic N) is 4. The number of hydrogen-bond acceptors (Lipinski definition) is 3. The average Bonchev–Trinajstić information content (AvgIpc) is 3.23. The number of carbonyl (C=O) groups excluding carboxylic acids is 2. The van der Waals surface area contributed by atoms with Crippen molar-refractivity contribution in [2.75, 3.05) is 26.2 Å². The maximum atomic E-state index is 13.2. The molecule has 0 unspecified atom stereocenters. The Hall–Kier alpha value is -3.93. The number of imidazole rings is 1. The number of carbonyl (C=O) groups is 2. The first kappa shape index (κ1) is 20.9. The van der Waals surface area contributed by atoms with Crippen molar-refractivity contribution in [1.82, 2.24) is 19.4 Å². The second-order valence-corrected chi connectivity index (χ2v) is 8.37. The number of rotatable bonds is 4. The van der Waals surface area contributed by atoms with Crippen LogP contribution in [0.5, 0.6) is 0 Å². The molecule has 0 aliphatic carbocycles. The van der Waals surface area contributed by atoms with E-state index in [9.17, 15) is 9.59 Å². The van der Waals surface area contributed by atoms with Crippen LogP contribution < -0.4 is 0 Å². The van der Waals surface area contributed by atoms with E-state index < -0.39 is 0 Å². The minimum Gasteiger partial charge on any atom is -0.339 e. The molecule has 1 aromatic heterocycles. The summed E-state index contributed by atoms with van der Waals surface area (Å²) in [6.07, 6.45) is 0. The molecule has 1 aliphatic rings. The minimum atomic E-state index is -0.00854. The van der Waals surface area contributed by atoms with Crippen molar-refractivity contribution in [3.8, 4) is 11.4 Å². The van der Waals surface area contributed by atoms with E-state index in [4.69, 9.17) is 4.98 Å². The van der Waals surface area contributed by atoms with E-state index in [0.717, 1.165) is 22.4 Å². The molecule has 166 valence electrons. The summed E-state index contributed by atoms with van der Waals surface area (Å²) < 4.78 is 2.21. The molecule has 1 aliphatic heterocycles. The van der Waals surface area contributed by atoms with Gasteiger partial charge in [-0.15, -0.1) is 0 Å². The van der Waals surface area contributed by atoms with E-state index in [1.165, 1.54) is 5.56 Å². The number of para-hydroxylation sites is 2. The van der Waals surface area contributed by atoms with Crippen LogP contribution in [0.3, 0.4) is 0 Å². The molecular weight excluding hydrogens is 412 g/mol. The topological polar surface area (TPSA) is 58.4 Å². The lowest BCUT2D eigenvalue weighted by atomic mass is 10.1. The fraction of sp³-hybridized carbons (Fsp3) is 0.222. The molecule has 6 nitrogen and oxygen atoms in total. The maximum Gasteiger partial charge on any atom is 0.253 e. The van der Waals surface area contributed by atoms with E-state index in [0.29, 0.717) is 38.3 Å². The smallest absolute Gasteiger partial charge is 0.253 e. The van der Waals surface area contributed by atoms with Crippen LogP contribution >= 0.6 is 0 Å². The number of aromatic nitrogens is 2. The summed E-state index contributed by atoms with van der Waals surface area (Å²) in [5.41, 5.74) is 4.74. The number of hydrogen-bond donors (Lipinski definition) is 0. The third-order valence-electron chi connectivity index (χ3n) is 6.22. The zero-order valence-corrected chi connectivity index (χ0v) is 18.6. The molecule has 2 heterocycles. The van der Waals surface area contributed by atoms with Crippen molar-refractivity contribution < 1.29 is 9.59 Å². The summed E-state index contributed by atoms with van der Waals surface area (Å²) in [5.74, 6) is 0.892. The molecule has 0 spiro atoms. The molecule has 6 heteroatoms. The predicted molar refractivity (Wildman–Crippen MR) is 129 cm³/mol. The second kappa shape index (κ2) is 8.90. The van der Waals surface area contributed by atoms with Crippen molar-refractivity contribution in [3.05, 3.63) is 90.0 Å². The van der Waals surface area contributed by atoms with E-state index in [-0.39, 0.29) is 11.8 Å². The van der Waals surface area contributed by atoms with Gasteiger partial charge < -0.3 is 14.4 Å². The molecule has 1 fully saturated rings. The van der Waals surface area contributed by atoms with Gasteiger partial charge in [-0.05, 0) is 29.8 Å². The molecule has 0 N–H and O–H groups in total. The number of fused-ring (bicyclic) bond motifs is 1. The van der Waals surface area contributed by atoms with Crippen molar-refractivity contribution >= 4 is 22.8 Å². The minimum absolute atomic E-state index is 0.00854. The van der Waals surface area contributed by atoms with Gasteiger partial charge in [0.25, 0.3) is 5.91 Å². The SMILES string of the molecule is CC(=O)N1CCN(C(=O)c2cccc(-c3nc4ccccc4n3Cc3ccccc3)c2)CC1. The Balaban J connectivity index is 1.47. The molecule has 0 radical (unpaired) electrons. The maximum absolute atomic E-state index is 13.2. The number of amides is 2. The van der Waals surface area contributed by atoms with Gasteiger partial charge >= 0.3 is 0 Å².